The van der Waals surface area contributed by atoms with Gasteiger partial charge in [0.05, 0.1) is 12.5 Å². The predicted molar refractivity (Wildman–Crippen MR) is 57.7 cm³/mol. The first kappa shape index (κ1) is 17.5. The number of hydrogen-bond donors (Lipinski definition) is 0. The molecule has 0 aromatic rings. The van der Waals surface area contributed by atoms with E-state index in [9.17, 15) is 0 Å². The second-order valence-electron chi connectivity index (χ2n) is 2.34. The fraction of sp³-hybridized carbons (Fsp3) is 0.600. The fourth-order valence-corrected chi connectivity index (χ4v) is 0.280. The highest BCUT2D eigenvalue weighted by molar-refractivity contribution is 4.57. The van der Waals surface area contributed by atoms with Crippen LogP contribution in [0.4, 0.5) is 0 Å². The van der Waals surface area contributed by atoms with Crippen LogP contribution in [0.3, 0.4) is 0 Å². The van der Waals surface area contributed by atoms with Crippen molar-refractivity contribution in [2.45, 2.75) is 26.4 Å². The number of methoxy groups -OCH3 is 2. The molecule has 2 atom stereocenters. The van der Waals surface area contributed by atoms with E-state index < -0.39 is 12.6 Å². The Morgan fingerprint density at radius 2 is 1.25 bits per heavy atom. The Kier molecular flexibility index (Phi) is 15.4. The van der Waals surface area contributed by atoms with Gasteiger partial charge in [-0.2, -0.15) is 9.78 Å². The highest BCUT2D eigenvalue weighted by atomic mass is 17.5. The minimum absolute atomic E-state index is 0.459. The Balaban J connectivity index is 0. The predicted octanol–water partition coefficient (Wildman–Crippen LogP) is 2.14. The molecule has 0 radical (unpaired) electrons. The second kappa shape index (κ2) is 14.1. The maximum absolute atomic E-state index is 4.70. The summed E-state index contributed by atoms with van der Waals surface area (Å²) in [4.78, 5) is 9.08. The average molecular weight is 236 g/mol. The average Bonchev–Trinajstić information content (AvgIpc) is 2.30. The molecule has 0 fully saturated rings. The number of rotatable bonds is 8. The quantitative estimate of drug-likeness (QED) is 0.278. The molecule has 0 saturated heterocycles. The molecule has 0 aromatic carbocycles. The normalized spacial score (nSPS) is 13.0. The van der Waals surface area contributed by atoms with E-state index in [0.29, 0.717) is 0 Å². The van der Waals surface area contributed by atoms with Crippen molar-refractivity contribution in [3.8, 4) is 0 Å². The van der Waals surface area contributed by atoms with E-state index in [1.165, 1.54) is 26.7 Å². The summed E-state index contributed by atoms with van der Waals surface area (Å²) in [6, 6.07) is 0. The molecule has 0 N–H and O–H groups in total. The molecule has 0 amide bonds. The molecule has 0 heterocycles. The first-order valence-electron chi connectivity index (χ1n) is 4.54. The van der Waals surface area contributed by atoms with Crippen LogP contribution < -0.4 is 0 Å². The molecule has 0 aliphatic heterocycles. The van der Waals surface area contributed by atoms with Crippen LogP contribution in [-0.4, -0.2) is 26.8 Å². The summed E-state index contributed by atoms with van der Waals surface area (Å²) in [5.74, 6) is 0. The zero-order valence-corrected chi connectivity index (χ0v) is 10.2. The molecular weight excluding hydrogens is 216 g/mol. The van der Waals surface area contributed by atoms with Gasteiger partial charge in [-0.15, -0.1) is 0 Å². The SMILES string of the molecule is C=COC=C.COC(C)OOOC(C)OC. The minimum atomic E-state index is -0.459. The van der Waals surface area contributed by atoms with Crippen molar-refractivity contribution >= 4 is 0 Å². The van der Waals surface area contributed by atoms with E-state index in [2.05, 4.69) is 32.7 Å². The Bertz CT molecular complexity index is 145. The van der Waals surface area contributed by atoms with Crippen LogP contribution in [0.1, 0.15) is 13.8 Å². The minimum Gasteiger partial charge on any atom is -0.474 e. The Labute approximate surface area is 96.2 Å². The standard InChI is InChI=1S/C6H14O5.C4H6O/c1-5(7-3)9-11-10-6(2)8-4;1-3-5-4-2/h5-6H,1-4H3;3-4H,1-2H2. The lowest BCUT2D eigenvalue weighted by molar-refractivity contribution is -0.569. The second-order valence-corrected chi connectivity index (χ2v) is 2.34. The third kappa shape index (κ3) is 15.5. The van der Waals surface area contributed by atoms with E-state index in [4.69, 9.17) is 9.47 Å². The summed E-state index contributed by atoms with van der Waals surface area (Å²) in [5.41, 5.74) is 0. The van der Waals surface area contributed by atoms with Gasteiger partial charge in [-0.3, -0.25) is 0 Å². The first-order valence-corrected chi connectivity index (χ1v) is 4.54. The van der Waals surface area contributed by atoms with Crippen molar-refractivity contribution in [2.75, 3.05) is 14.2 Å². The molecule has 0 bridgehead atoms. The molecule has 0 rings (SSSR count). The van der Waals surface area contributed by atoms with Gasteiger partial charge >= 0.3 is 0 Å². The van der Waals surface area contributed by atoms with Crippen molar-refractivity contribution in [1.29, 1.82) is 0 Å². The van der Waals surface area contributed by atoms with Crippen LogP contribution in [0.25, 0.3) is 0 Å². The monoisotopic (exact) mass is 236 g/mol. The van der Waals surface area contributed by atoms with E-state index in [1.54, 1.807) is 13.8 Å². The van der Waals surface area contributed by atoms with Crippen molar-refractivity contribution < 1.29 is 29.0 Å². The van der Waals surface area contributed by atoms with Crippen LogP contribution in [0.15, 0.2) is 25.7 Å². The van der Waals surface area contributed by atoms with Crippen LogP contribution in [-0.2, 0) is 29.0 Å². The van der Waals surface area contributed by atoms with E-state index in [1.807, 2.05) is 0 Å². The molecular formula is C10H20O6. The molecule has 0 aliphatic carbocycles. The van der Waals surface area contributed by atoms with Crippen LogP contribution in [0.5, 0.6) is 0 Å². The van der Waals surface area contributed by atoms with Gasteiger partial charge in [0, 0.05) is 14.2 Å². The Hall–Kier alpha value is -0.920. The molecule has 0 aliphatic rings. The molecule has 0 saturated carbocycles. The lowest BCUT2D eigenvalue weighted by atomic mass is 10.8. The van der Waals surface area contributed by atoms with Gasteiger partial charge < -0.3 is 14.2 Å². The van der Waals surface area contributed by atoms with Gasteiger partial charge in [0.1, 0.15) is 0 Å². The van der Waals surface area contributed by atoms with Gasteiger partial charge in [0.25, 0.3) is 0 Å². The summed E-state index contributed by atoms with van der Waals surface area (Å²) in [7, 11) is 2.99. The molecule has 0 spiro atoms. The number of ether oxygens (including phenoxy) is 3. The topological polar surface area (TPSA) is 55.4 Å². The smallest absolute Gasteiger partial charge is 0.191 e. The maximum atomic E-state index is 4.70. The zero-order valence-electron chi connectivity index (χ0n) is 10.2. The molecule has 16 heavy (non-hydrogen) atoms. The highest BCUT2D eigenvalue weighted by Gasteiger charge is 2.03. The van der Waals surface area contributed by atoms with Crippen molar-refractivity contribution in [3.05, 3.63) is 25.7 Å². The molecule has 6 nitrogen and oxygen atoms in total. The van der Waals surface area contributed by atoms with Gasteiger partial charge in [-0.25, -0.2) is 0 Å². The van der Waals surface area contributed by atoms with Crippen molar-refractivity contribution in [3.63, 3.8) is 0 Å². The van der Waals surface area contributed by atoms with Gasteiger partial charge in [0.15, 0.2) is 12.6 Å². The fourth-order valence-electron chi connectivity index (χ4n) is 0.280. The van der Waals surface area contributed by atoms with E-state index >= 15 is 0 Å². The Morgan fingerprint density at radius 1 is 0.875 bits per heavy atom. The lowest BCUT2D eigenvalue weighted by Gasteiger charge is -2.11. The molecule has 6 heteroatoms. The van der Waals surface area contributed by atoms with Crippen molar-refractivity contribution in [2.24, 2.45) is 0 Å². The maximum Gasteiger partial charge on any atom is 0.191 e. The molecule has 96 valence electrons. The number of hydrogen-bond acceptors (Lipinski definition) is 6. The summed E-state index contributed by atoms with van der Waals surface area (Å²) in [6.45, 7) is 9.85. The third-order valence-electron chi connectivity index (χ3n) is 1.21. The molecule has 2 unspecified atom stereocenters. The highest BCUT2D eigenvalue weighted by Crippen LogP contribution is 1.96. The lowest BCUT2D eigenvalue weighted by Crippen LogP contribution is -2.16. The third-order valence-corrected chi connectivity index (χ3v) is 1.21. The molecule has 0 aromatic heterocycles. The zero-order chi connectivity index (χ0) is 12.8. The van der Waals surface area contributed by atoms with E-state index in [0.717, 1.165) is 0 Å². The summed E-state index contributed by atoms with van der Waals surface area (Å²) < 4.78 is 13.8. The van der Waals surface area contributed by atoms with Gasteiger partial charge in [0.2, 0.25) is 0 Å². The van der Waals surface area contributed by atoms with Crippen LogP contribution >= 0.6 is 0 Å². The first-order chi connectivity index (χ1) is 7.62. The summed E-state index contributed by atoms with van der Waals surface area (Å²) >= 11 is 0. The van der Waals surface area contributed by atoms with Crippen LogP contribution in [0.2, 0.25) is 0 Å². The summed E-state index contributed by atoms with van der Waals surface area (Å²) in [5, 5.41) is 4.29. The van der Waals surface area contributed by atoms with E-state index in [-0.39, 0.29) is 0 Å². The van der Waals surface area contributed by atoms with Gasteiger partial charge in [-0.05, 0) is 13.8 Å². The largest absolute Gasteiger partial charge is 0.474 e. The Morgan fingerprint density at radius 3 is 1.44 bits per heavy atom. The summed E-state index contributed by atoms with van der Waals surface area (Å²) in [6.07, 6.45) is 1.71. The van der Waals surface area contributed by atoms with Crippen LogP contribution in [0, 0.1) is 0 Å². The van der Waals surface area contributed by atoms with Crippen molar-refractivity contribution in [1.82, 2.24) is 0 Å². The van der Waals surface area contributed by atoms with Gasteiger partial charge in [-0.1, -0.05) is 18.2 Å².